The first-order valence-electron chi connectivity index (χ1n) is 10.2. The van der Waals surface area contributed by atoms with Gasteiger partial charge in [-0.15, -0.1) is 0 Å². The molecule has 8 nitrogen and oxygen atoms in total. The fourth-order valence-electron chi connectivity index (χ4n) is 3.24. The quantitative estimate of drug-likeness (QED) is 0.508. The van der Waals surface area contributed by atoms with Gasteiger partial charge in [-0.05, 0) is 37.7 Å². The third-order valence-electron chi connectivity index (χ3n) is 4.97. The molecule has 1 aromatic heterocycles. The summed E-state index contributed by atoms with van der Waals surface area (Å²) in [6.45, 7) is 5.98. The van der Waals surface area contributed by atoms with E-state index in [4.69, 9.17) is 0 Å². The van der Waals surface area contributed by atoms with E-state index in [1.807, 2.05) is 44.3 Å². The molecule has 0 bridgehead atoms. The van der Waals surface area contributed by atoms with Crippen LogP contribution in [-0.4, -0.2) is 68.3 Å². The Kier molecular flexibility index (Phi) is 7.78. The summed E-state index contributed by atoms with van der Waals surface area (Å²) >= 11 is 0. The molecule has 0 aliphatic carbocycles. The Balaban J connectivity index is 1.75. The first-order chi connectivity index (χ1) is 14.5. The molecule has 3 rings (SSSR count). The molecule has 0 unspecified atom stereocenters. The number of piperazine rings is 1. The van der Waals surface area contributed by atoms with Crippen molar-refractivity contribution in [1.82, 2.24) is 24.8 Å². The molecule has 0 saturated carbocycles. The summed E-state index contributed by atoms with van der Waals surface area (Å²) in [5.74, 6) is 0.620. The smallest absolute Gasteiger partial charge is 0.243 e. The van der Waals surface area contributed by atoms with Crippen LogP contribution >= 0.6 is 0 Å². The lowest BCUT2D eigenvalue weighted by Crippen LogP contribution is -2.47. The molecule has 1 aliphatic heterocycles. The summed E-state index contributed by atoms with van der Waals surface area (Å²) in [5, 5.41) is 6.44. The van der Waals surface area contributed by atoms with Gasteiger partial charge in [0.1, 0.15) is 0 Å². The van der Waals surface area contributed by atoms with Crippen LogP contribution in [0.4, 0.5) is 0 Å². The van der Waals surface area contributed by atoms with E-state index in [0.29, 0.717) is 42.6 Å². The highest BCUT2D eigenvalue weighted by Gasteiger charge is 2.29. The van der Waals surface area contributed by atoms with E-state index in [9.17, 15) is 8.42 Å². The molecule has 9 heteroatoms. The summed E-state index contributed by atoms with van der Waals surface area (Å²) in [6, 6.07) is 12.9. The highest BCUT2D eigenvalue weighted by molar-refractivity contribution is 7.89. The molecule has 2 heterocycles. The molecule has 0 atom stereocenters. The lowest BCUT2D eigenvalue weighted by molar-refractivity contribution is 0.222. The van der Waals surface area contributed by atoms with Gasteiger partial charge in [0.05, 0.1) is 23.7 Å². The van der Waals surface area contributed by atoms with Crippen LogP contribution in [-0.2, 0) is 23.1 Å². The van der Waals surface area contributed by atoms with Crippen LogP contribution in [0, 0.1) is 0 Å². The fourth-order valence-corrected chi connectivity index (χ4v) is 4.87. The monoisotopic (exact) mass is 430 g/mol. The van der Waals surface area contributed by atoms with Crippen molar-refractivity contribution in [3.05, 3.63) is 59.9 Å². The Hall–Kier alpha value is -2.49. The summed E-state index contributed by atoms with van der Waals surface area (Å²) in [4.78, 5) is 11.4. The fraction of sp³-hybridized carbons (Fsp3) is 0.429. The van der Waals surface area contributed by atoms with Gasteiger partial charge in [-0.3, -0.25) is 4.98 Å². The first kappa shape index (κ1) is 22.2. The molecule has 2 aromatic rings. The number of aromatic nitrogens is 1. The van der Waals surface area contributed by atoms with Crippen LogP contribution < -0.4 is 10.6 Å². The van der Waals surface area contributed by atoms with Crippen molar-refractivity contribution in [2.24, 2.45) is 4.99 Å². The van der Waals surface area contributed by atoms with Crippen LogP contribution in [0.5, 0.6) is 0 Å². The second-order valence-corrected chi connectivity index (χ2v) is 9.09. The lowest BCUT2D eigenvalue weighted by Gasteiger charge is -2.32. The van der Waals surface area contributed by atoms with E-state index in [1.54, 1.807) is 22.6 Å². The van der Waals surface area contributed by atoms with Gasteiger partial charge >= 0.3 is 0 Å². The Morgan fingerprint density at radius 2 is 1.80 bits per heavy atom. The van der Waals surface area contributed by atoms with Gasteiger partial charge in [0.2, 0.25) is 10.0 Å². The second-order valence-electron chi connectivity index (χ2n) is 7.18. The van der Waals surface area contributed by atoms with Gasteiger partial charge in [-0.2, -0.15) is 4.31 Å². The van der Waals surface area contributed by atoms with E-state index in [2.05, 4.69) is 25.5 Å². The summed E-state index contributed by atoms with van der Waals surface area (Å²) in [7, 11) is -1.54. The topological polar surface area (TPSA) is 89.9 Å². The molecular weight excluding hydrogens is 400 g/mol. The maximum absolute atomic E-state index is 13.2. The minimum atomic E-state index is -3.54. The maximum atomic E-state index is 13.2. The van der Waals surface area contributed by atoms with Crippen molar-refractivity contribution >= 4 is 16.0 Å². The summed E-state index contributed by atoms with van der Waals surface area (Å²) < 4.78 is 28.0. The van der Waals surface area contributed by atoms with E-state index in [-0.39, 0.29) is 6.54 Å². The number of guanidine groups is 1. The molecule has 0 amide bonds. The number of rotatable bonds is 7. The van der Waals surface area contributed by atoms with E-state index in [1.165, 1.54) is 0 Å². The van der Waals surface area contributed by atoms with Crippen molar-refractivity contribution in [2.75, 3.05) is 39.8 Å². The number of benzene rings is 1. The van der Waals surface area contributed by atoms with Crippen LogP contribution in [0.2, 0.25) is 0 Å². The number of nitrogens with zero attached hydrogens (tertiary/aromatic N) is 4. The minimum Gasteiger partial charge on any atom is -0.357 e. The zero-order chi connectivity index (χ0) is 21.4. The second kappa shape index (κ2) is 10.5. The van der Waals surface area contributed by atoms with Gasteiger partial charge in [0.15, 0.2) is 5.96 Å². The molecule has 1 fully saturated rings. The van der Waals surface area contributed by atoms with Crippen molar-refractivity contribution in [3.63, 3.8) is 0 Å². The van der Waals surface area contributed by atoms with Crippen LogP contribution in [0.3, 0.4) is 0 Å². The summed E-state index contributed by atoms with van der Waals surface area (Å²) in [6.07, 6.45) is 1.75. The van der Waals surface area contributed by atoms with Crippen molar-refractivity contribution < 1.29 is 8.42 Å². The lowest BCUT2D eigenvalue weighted by atomic mass is 10.2. The summed E-state index contributed by atoms with van der Waals surface area (Å²) in [5.41, 5.74) is 1.59. The predicted molar refractivity (Wildman–Crippen MR) is 119 cm³/mol. The maximum Gasteiger partial charge on any atom is 0.243 e. The van der Waals surface area contributed by atoms with Gasteiger partial charge in [0, 0.05) is 38.9 Å². The molecule has 0 spiro atoms. The minimum absolute atomic E-state index is 0.265. The van der Waals surface area contributed by atoms with Gasteiger partial charge in [0.25, 0.3) is 0 Å². The molecule has 1 aliphatic rings. The Labute approximate surface area is 179 Å². The first-order valence-corrected chi connectivity index (χ1v) is 11.6. The molecule has 2 N–H and O–H groups in total. The van der Waals surface area contributed by atoms with Crippen LogP contribution in [0.15, 0.2) is 58.5 Å². The highest BCUT2D eigenvalue weighted by Crippen LogP contribution is 2.22. The number of hydrogen-bond acceptors (Lipinski definition) is 5. The molecule has 162 valence electrons. The zero-order valence-electron chi connectivity index (χ0n) is 17.6. The largest absolute Gasteiger partial charge is 0.357 e. The standard InChI is InChI=1S/C21H30N6O2S/c1-3-22-21(25-17-19-9-6-7-11-23-19)24-16-18-8-4-5-10-20(18)30(28,29)27-14-12-26(2)13-15-27/h4-11H,3,12-17H2,1-2H3,(H2,22,24,25). The van der Waals surface area contributed by atoms with Crippen molar-refractivity contribution in [3.8, 4) is 0 Å². The molecule has 30 heavy (non-hydrogen) atoms. The Morgan fingerprint density at radius 1 is 1.07 bits per heavy atom. The molecular formula is C21H30N6O2S. The number of nitrogens with one attached hydrogen (secondary N) is 2. The van der Waals surface area contributed by atoms with Crippen molar-refractivity contribution in [2.45, 2.75) is 24.9 Å². The third kappa shape index (κ3) is 5.78. The molecule has 1 aromatic carbocycles. The molecule has 0 radical (unpaired) electrons. The normalized spacial score (nSPS) is 16.4. The van der Waals surface area contributed by atoms with Crippen LogP contribution in [0.1, 0.15) is 18.2 Å². The Morgan fingerprint density at radius 3 is 2.50 bits per heavy atom. The highest BCUT2D eigenvalue weighted by atomic mass is 32.2. The van der Waals surface area contributed by atoms with Gasteiger partial charge in [-0.1, -0.05) is 24.3 Å². The number of sulfonamides is 1. The van der Waals surface area contributed by atoms with Gasteiger partial charge in [-0.25, -0.2) is 13.4 Å². The van der Waals surface area contributed by atoms with Crippen LogP contribution in [0.25, 0.3) is 0 Å². The van der Waals surface area contributed by atoms with Gasteiger partial charge < -0.3 is 15.5 Å². The SMILES string of the molecule is CCNC(=NCc1ccccc1S(=O)(=O)N1CCN(C)CC1)NCc1ccccn1. The number of likely N-dealkylation sites (N-methyl/N-ethyl adjacent to an activating group) is 1. The Bertz CT molecular complexity index is 941. The number of pyridine rings is 1. The average molecular weight is 431 g/mol. The number of aliphatic imine (C=N–C) groups is 1. The van der Waals surface area contributed by atoms with Crippen molar-refractivity contribution in [1.29, 1.82) is 0 Å². The third-order valence-corrected chi connectivity index (χ3v) is 6.97. The number of hydrogen-bond donors (Lipinski definition) is 2. The zero-order valence-corrected chi connectivity index (χ0v) is 18.4. The van der Waals surface area contributed by atoms with E-state index >= 15 is 0 Å². The molecule has 1 saturated heterocycles. The van der Waals surface area contributed by atoms with E-state index in [0.717, 1.165) is 18.8 Å². The predicted octanol–water partition coefficient (Wildman–Crippen LogP) is 1.27. The van der Waals surface area contributed by atoms with E-state index < -0.39 is 10.0 Å². The average Bonchev–Trinajstić information content (AvgIpc) is 2.77.